The van der Waals surface area contributed by atoms with Crippen LogP contribution >= 0.6 is 11.6 Å². The van der Waals surface area contributed by atoms with Gasteiger partial charge < -0.3 is 10.6 Å². The zero-order chi connectivity index (χ0) is 22.2. The van der Waals surface area contributed by atoms with Crippen LogP contribution in [-0.2, 0) is 22.6 Å². The first kappa shape index (κ1) is 22.3. The molecule has 0 aliphatic carbocycles. The number of nitrogens with one attached hydrogen (secondary N) is 2. The van der Waals surface area contributed by atoms with Crippen LogP contribution in [0.3, 0.4) is 0 Å². The Labute approximate surface area is 186 Å². The van der Waals surface area contributed by atoms with Gasteiger partial charge in [0, 0.05) is 17.3 Å². The molecule has 0 aliphatic rings. The Kier molecular flexibility index (Phi) is 7.62. The molecule has 0 bridgehead atoms. The van der Waals surface area contributed by atoms with Crippen LogP contribution in [0.5, 0.6) is 0 Å². The van der Waals surface area contributed by atoms with Crippen LogP contribution in [0.4, 0.5) is 5.69 Å². The van der Waals surface area contributed by atoms with Gasteiger partial charge in [-0.05, 0) is 36.6 Å². The molecule has 0 aliphatic heterocycles. The Morgan fingerprint density at radius 3 is 2.55 bits per heavy atom. The summed E-state index contributed by atoms with van der Waals surface area (Å²) in [5.41, 5.74) is 4.27. The summed E-state index contributed by atoms with van der Waals surface area (Å²) in [5, 5.41) is 10.3. The predicted octanol–water partition coefficient (Wildman–Crippen LogP) is 4.22. The van der Waals surface area contributed by atoms with Crippen molar-refractivity contribution in [2.45, 2.75) is 26.8 Å². The standard InChI is InChI=1S/C24H25ClN4O2/c1-3-19-11-7-8-12-21(19)27-23(31)15-26-22(30)14-13-20-17(2)28-29(24(20)25)16-18-9-5-4-6-10-18/h4-14H,3,15-16H2,1-2H3,(H,26,30)(H,27,31)/b14-13+. The minimum Gasteiger partial charge on any atom is -0.343 e. The minimum absolute atomic E-state index is 0.124. The van der Waals surface area contributed by atoms with Gasteiger partial charge in [0.25, 0.3) is 0 Å². The molecule has 6 nitrogen and oxygen atoms in total. The fourth-order valence-corrected chi connectivity index (χ4v) is 3.45. The predicted molar refractivity (Wildman–Crippen MR) is 124 cm³/mol. The average molecular weight is 437 g/mol. The summed E-state index contributed by atoms with van der Waals surface area (Å²) in [7, 11) is 0. The first-order valence-corrected chi connectivity index (χ1v) is 10.5. The molecule has 3 aromatic rings. The largest absolute Gasteiger partial charge is 0.343 e. The van der Waals surface area contributed by atoms with E-state index in [9.17, 15) is 9.59 Å². The van der Waals surface area contributed by atoms with Crippen LogP contribution in [0.15, 0.2) is 60.7 Å². The molecule has 7 heteroatoms. The average Bonchev–Trinajstić information content (AvgIpc) is 3.04. The van der Waals surface area contributed by atoms with E-state index in [1.54, 1.807) is 10.8 Å². The highest BCUT2D eigenvalue weighted by molar-refractivity contribution is 6.31. The third-order valence-electron chi connectivity index (χ3n) is 4.78. The van der Waals surface area contributed by atoms with Crippen molar-refractivity contribution in [1.82, 2.24) is 15.1 Å². The third-order valence-corrected chi connectivity index (χ3v) is 5.18. The second-order valence-electron chi connectivity index (χ2n) is 7.04. The van der Waals surface area contributed by atoms with Gasteiger partial charge in [-0.2, -0.15) is 5.10 Å². The second-order valence-corrected chi connectivity index (χ2v) is 7.40. The highest BCUT2D eigenvalue weighted by Crippen LogP contribution is 2.22. The quantitative estimate of drug-likeness (QED) is 0.519. The maximum atomic E-state index is 12.2. The summed E-state index contributed by atoms with van der Waals surface area (Å²) >= 11 is 6.46. The lowest BCUT2D eigenvalue weighted by molar-refractivity contribution is -0.121. The number of carbonyl (C=O) groups is 2. The van der Waals surface area contributed by atoms with Crippen LogP contribution in [0.2, 0.25) is 5.15 Å². The van der Waals surface area contributed by atoms with Gasteiger partial charge in [-0.25, -0.2) is 4.68 Å². The lowest BCUT2D eigenvalue weighted by Gasteiger charge is -2.09. The van der Waals surface area contributed by atoms with E-state index in [0.29, 0.717) is 17.3 Å². The molecular weight excluding hydrogens is 412 g/mol. The van der Waals surface area contributed by atoms with Crippen molar-refractivity contribution in [3.05, 3.63) is 88.2 Å². The van der Waals surface area contributed by atoms with Crippen molar-refractivity contribution in [3.63, 3.8) is 0 Å². The van der Waals surface area contributed by atoms with E-state index in [0.717, 1.165) is 28.9 Å². The van der Waals surface area contributed by atoms with Crippen LogP contribution in [0, 0.1) is 6.92 Å². The molecule has 2 N–H and O–H groups in total. The SMILES string of the molecule is CCc1ccccc1NC(=O)CNC(=O)/C=C/c1c(C)nn(Cc2ccccc2)c1Cl. The summed E-state index contributed by atoms with van der Waals surface area (Å²) in [6, 6.07) is 17.5. The van der Waals surface area contributed by atoms with Gasteiger partial charge in [0.2, 0.25) is 11.8 Å². The van der Waals surface area contributed by atoms with E-state index >= 15 is 0 Å². The number of aryl methyl sites for hydroxylation is 2. The Balaban J connectivity index is 1.57. The molecule has 2 amide bonds. The Morgan fingerprint density at radius 1 is 1.10 bits per heavy atom. The van der Waals surface area contributed by atoms with Crippen molar-refractivity contribution in [1.29, 1.82) is 0 Å². The molecule has 0 saturated carbocycles. The number of para-hydroxylation sites is 1. The molecule has 0 atom stereocenters. The summed E-state index contributed by atoms with van der Waals surface area (Å²) < 4.78 is 1.70. The topological polar surface area (TPSA) is 76.0 Å². The molecule has 31 heavy (non-hydrogen) atoms. The Hall–Kier alpha value is -3.38. The number of amides is 2. The van der Waals surface area contributed by atoms with Crippen molar-refractivity contribution in [2.75, 3.05) is 11.9 Å². The zero-order valence-electron chi connectivity index (χ0n) is 17.6. The number of nitrogens with zero attached hydrogens (tertiary/aromatic N) is 2. The fraction of sp³-hybridized carbons (Fsp3) is 0.208. The fourth-order valence-electron chi connectivity index (χ4n) is 3.15. The number of anilines is 1. The van der Waals surface area contributed by atoms with Crippen molar-refractivity contribution in [3.8, 4) is 0 Å². The highest BCUT2D eigenvalue weighted by atomic mass is 35.5. The molecule has 0 saturated heterocycles. The first-order chi connectivity index (χ1) is 15.0. The van der Waals surface area contributed by atoms with Gasteiger partial charge in [0.15, 0.2) is 0 Å². The van der Waals surface area contributed by atoms with E-state index in [2.05, 4.69) is 15.7 Å². The van der Waals surface area contributed by atoms with Crippen molar-refractivity contribution < 1.29 is 9.59 Å². The molecule has 0 radical (unpaired) electrons. The van der Waals surface area contributed by atoms with E-state index in [-0.39, 0.29) is 18.4 Å². The monoisotopic (exact) mass is 436 g/mol. The number of aromatic nitrogens is 2. The maximum absolute atomic E-state index is 12.2. The van der Waals surface area contributed by atoms with Crippen LogP contribution in [0.1, 0.15) is 29.3 Å². The molecule has 2 aromatic carbocycles. The molecule has 3 rings (SSSR count). The van der Waals surface area contributed by atoms with E-state index < -0.39 is 0 Å². The van der Waals surface area contributed by atoms with Crippen LogP contribution in [0.25, 0.3) is 6.08 Å². The normalized spacial score (nSPS) is 10.9. The molecule has 0 fully saturated rings. The van der Waals surface area contributed by atoms with Gasteiger partial charge in [0.05, 0.1) is 18.8 Å². The highest BCUT2D eigenvalue weighted by Gasteiger charge is 2.12. The molecular formula is C24H25ClN4O2. The molecule has 160 valence electrons. The van der Waals surface area contributed by atoms with Gasteiger partial charge in [-0.3, -0.25) is 9.59 Å². The van der Waals surface area contributed by atoms with Gasteiger partial charge >= 0.3 is 0 Å². The molecule has 0 unspecified atom stereocenters. The minimum atomic E-state index is -0.384. The summed E-state index contributed by atoms with van der Waals surface area (Å²) in [6.45, 7) is 4.28. The number of hydrogen-bond acceptors (Lipinski definition) is 3. The number of benzene rings is 2. The smallest absolute Gasteiger partial charge is 0.244 e. The number of hydrogen-bond donors (Lipinski definition) is 2. The summed E-state index contributed by atoms with van der Waals surface area (Å²) in [5.74, 6) is -0.669. The summed E-state index contributed by atoms with van der Waals surface area (Å²) in [4.78, 5) is 24.3. The lowest BCUT2D eigenvalue weighted by Crippen LogP contribution is -2.31. The van der Waals surface area contributed by atoms with Crippen molar-refractivity contribution in [2.24, 2.45) is 0 Å². The van der Waals surface area contributed by atoms with Gasteiger partial charge in [0.1, 0.15) is 5.15 Å². The van der Waals surface area contributed by atoms with Crippen LogP contribution < -0.4 is 10.6 Å². The first-order valence-electron chi connectivity index (χ1n) is 10.1. The molecule has 0 spiro atoms. The lowest BCUT2D eigenvalue weighted by atomic mass is 10.1. The zero-order valence-corrected chi connectivity index (χ0v) is 18.3. The van der Waals surface area contributed by atoms with E-state index in [1.165, 1.54) is 6.08 Å². The third kappa shape index (κ3) is 6.06. The molecule has 1 heterocycles. The van der Waals surface area contributed by atoms with E-state index in [1.807, 2.05) is 68.4 Å². The van der Waals surface area contributed by atoms with E-state index in [4.69, 9.17) is 11.6 Å². The van der Waals surface area contributed by atoms with Gasteiger partial charge in [-0.1, -0.05) is 67.1 Å². The molecule has 1 aromatic heterocycles. The maximum Gasteiger partial charge on any atom is 0.244 e. The van der Waals surface area contributed by atoms with Gasteiger partial charge in [-0.15, -0.1) is 0 Å². The Morgan fingerprint density at radius 2 is 1.81 bits per heavy atom. The number of halogens is 1. The summed E-state index contributed by atoms with van der Waals surface area (Å²) in [6.07, 6.45) is 3.78. The Bertz CT molecular complexity index is 1090. The van der Waals surface area contributed by atoms with Crippen LogP contribution in [-0.4, -0.2) is 28.1 Å². The second kappa shape index (κ2) is 10.6. The number of carbonyl (C=O) groups excluding carboxylic acids is 2. The van der Waals surface area contributed by atoms with Crippen molar-refractivity contribution >= 4 is 35.2 Å². The number of rotatable bonds is 8.